The minimum absolute atomic E-state index is 0.151. The van der Waals surface area contributed by atoms with E-state index in [1.807, 2.05) is 6.92 Å². The van der Waals surface area contributed by atoms with Crippen molar-refractivity contribution < 1.29 is 17.7 Å². The zero-order valence-electron chi connectivity index (χ0n) is 14.5. The first kappa shape index (κ1) is 19.1. The summed E-state index contributed by atoms with van der Waals surface area (Å²) in [5.74, 6) is 0.00672. The molecule has 1 aromatic heterocycles. The molecule has 0 fully saturated rings. The SMILES string of the molecule is Cc1cc(S(=O)(=O)Nc2cccc(NC(=O)c3cnoc3C)c2)ccc1Br. The molecule has 9 heteroatoms. The van der Waals surface area contributed by atoms with Gasteiger partial charge in [0.1, 0.15) is 11.3 Å². The number of carbonyl (C=O) groups is 1. The van der Waals surface area contributed by atoms with E-state index in [0.29, 0.717) is 22.7 Å². The number of halogens is 1. The predicted octanol–water partition coefficient (Wildman–Crippen LogP) is 4.11. The minimum Gasteiger partial charge on any atom is -0.361 e. The number of benzene rings is 2. The monoisotopic (exact) mass is 449 g/mol. The van der Waals surface area contributed by atoms with Crippen LogP contribution in [0.5, 0.6) is 0 Å². The number of nitrogens with zero attached hydrogens (tertiary/aromatic N) is 1. The van der Waals surface area contributed by atoms with Gasteiger partial charge in [-0.25, -0.2) is 8.42 Å². The summed E-state index contributed by atoms with van der Waals surface area (Å²) in [5.41, 5.74) is 1.89. The molecule has 0 aliphatic heterocycles. The summed E-state index contributed by atoms with van der Waals surface area (Å²) in [7, 11) is -3.76. The van der Waals surface area contributed by atoms with Gasteiger partial charge in [-0.2, -0.15) is 0 Å². The Bertz CT molecular complexity index is 1110. The lowest BCUT2D eigenvalue weighted by Crippen LogP contribution is -2.14. The molecule has 0 saturated carbocycles. The van der Waals surface area contributed by atoms with E-state index < -0.39 is 15.9 Å². The Labute approximate surface area is 164 Å². The molecule has 0 bridgehead atoms. The summed E-state index contributed by atoms with van der Waals surface area (Å²) in [6, 6.07) is 11.2. The topological polar surface area (TPSA) is 101 Å². The van der Waals surface area contributed by atoms with E-state index >= 15 is 0 Å². The third-order valence-electron chi connectivity index (χ3n) is 3.81. The van der Waals surface area contributed by atoms with Crippen molar-refractivity contribution in [2.24, 2.45) is 0 Å². The molecule has 0 radical (unpaired) electrons. The predicted molar refractivity (Wildman–Crippen MR) is 105 cm³/mol. The van der Waals surface area contributed by atoms with Crippen LogP contribution in [-0.2, 0) is 10.0 Å². The lowest BCUT2D eigenvalue weighted by atomic mass is 10.2. The molecule has 2 aromatic carbocycles. The van der Waals surface area contributed by atoms with Gasteiger partial charge < -0.3 is 9.84 Å². The summed E-state index contributed by atoms with van der Waals surface area (Å²) in [6.07, 6.45) is 1.33. The Hall–Kier alpha value is -2.65. The average Bonchev–Trinajstić information content (AvgIpc) is 3.03. The van der Waals surface area contributed by atoms with E-state index in [4.69, 9.17) is 4.52 Å². The zero-order valence-corrected chi connectivity index (χ0v) is 16.9. The molecule has 0 spiro atoms. The number of aryl methyl sites for hydroxylation is 2. The van der Waals surface area contributed by atoms with Crippen molar-refractivity contribution >= 4 is 43.2 Å². The van der Waals surface area contributed by atoms with Crippen LogP contribution < -0.4 is 10.0 Å². The van der Waals surface area contributed by atoms with Crippen molar-refractivity contribution in [3.8, 4) is 0 Å². The van der Waals surface area contributed by atoms with Crippen molar-refractivity contribution in [3.05, 3.63) is 70.0 Å². The number of nitrogens with one attached hydrogen (secondary N) is 2. The highest BCUT2D eigenvalue weighted by atomic mass is 79.9. The molecule has 7 nitrogen and oxygen atoms in total. The van der Waals surface area contributed by atoms with E-state index in [1.165, 1.54) is 18.3 Å². The van der Waals surface area contributed by atoms with Gasteiger partial charge in [-0.05, 0) is 55.8 Å². The van der Waals surface area contributed by atoms with Crippen molar-refractivity contribution in [2.75, 3.05) is 10.0 Å². The molecule has 1 heterocycles. The molecule has 0 saturated heterocycles. The molecule has 0 aliphatic rings. The molecular formula is C18H16BrN3O4S. The highest BCUT2D eigenvalue weighted by Gasteiger charge is 2.16. The lowest BCUT2D eigenvalue weighted by molar-refractivity contribution is 0.102. The van der Waals surface area contributed by atoms with Gasteiger partial charge in [0, 0.05) is 10.2 Å². The molecular weight excluding hydrogens is 434 g/mol. The molecule has 2 N–H and O–H groups in total. The van der Waals surface area contributed by atoms with E-state index in [2.05, 4.69) is 31.1 Å². The van der Waals surface area contributed by atoms with Crippen LogP contribution in [0, 0.1) is 13.8 Å². The molecule has 1 amide bonds. The maximum Gasteiger partial charge on any atom is 0.261 e. The van der Waals surface area contributed by atoms with Crippen LogP contribution in [0.3, 0.4) is 0 Å². The van der Waals surface area contributed by atoms with Crippen LogP contribution in [0.4, 0.5) is 11.4 Å². The van der Waals surface area contributed by atoms with Crippen LogP contribution in [0.1, 0.15) is 21.7 Å². The highest BCUT2D eigenvalue weighted by Crippen LogP contribution is 2.23. The van der Waals surface area contributed by atoms with Gasteiger partial charge in [0.25, 0.3) is 15.9 Å². The quantitative estimate of drug-likeness (QED) is 0.610. The smallest absolute Gasteiger partial charge is 0.261 e. The van der Waals surface area contributed by atoms with E-state index in [-0.39, 0.29) is 4.90 Å². The molecule has 3 rings (SSSR count). The average molecular weight is 450 g/mol. The third-order valence-corrected chi connectivity index (χ3v) is 6.08. The molecule has 0 unspecified atom stereocenters. The standard InChI is InChI=1S/C18H16BrN3O4S/c1-11-8-15(6-7-17(11)19)27(24,25)22-14-5-3-4-13(9-14)21-18(23)16-10-20-26-12(16)2/h3-10,22H,1-2H3,(H,21,23). The molecule has 3 aromatic rings. The summed E-state index contributed by atoms with van der Waals surface area (Å²) < 4.78 is 33.4. The Kier molecular flexibility index (Phi) is 5.33. The number of rotatable bonds is 5. The highest BCUT2D eigenvalue weighted by molar-refractivity contribution is 9.10. The number of carbonyl (C=O) groups excluding carboxylic acids is 1. The van der Waals surface area contributed by atoms with Crippen molar-refractivity contribution in [1.82, 2.24) is 5.16 Å². The fraction of sp³-hybridized carbons (Fsp3) is 0.111. The molecule has 27 heavy (non-hydrogen) atoms. The molecule has 140 valence electrons. The summed E-state index contributed by atoms with van der Waals surface area (Å²) in [5, 5.41) is 6.25. The van der Waals surface area contributed by atoms with Crippen LogP contribution in [0.15, 0.2) is 62.6 Å². The number of sulfonamides is 1. The number of aromatic nitrogens is 1. The number of hydrogen-bond acceptors (Lipinski definition) is 5. The summed E-state index contributed by atoms with van der Waals surface area (Å²) in [4.78, 5) is 12.4. The van der Waals surface area contributed by atoms with Gasteiger partial charge in [-0.1, -0.05) is 27.2 Å². The first-order valence-corrected chi connectivity index (χ1v) is 10.2. The zero-order chi connectivity index (χ0) is 19.6. The van der Waals surface area contributed by atoms with Crippen LogP contribution in [0.25, 0.3) is 0 Å². The fourth-order valence-corrected chi connectivity index (χ4v) is 3.75. The maximum absolute atomic E-state index is 12.6. The number of hydrogen-bond donors (Lipinski definition) is 2. The number of anilines is 2. The van der Waals surface area contributed by atoms with Crippen LogP contribution >= 0.6 is 15.9 Å². The maximum atomic E-state index is 12.6. The number of amides is 1. The van der Waals surface area contributed by atoms with Crippen molar-refractivity contribution in [3.63, 3.8) is 0 Å². The molecule has 0 atom stereocenters. The van der Waals surface area contributed by atoms with Gasteiger partial charge in [0.15, 0.2) is 0 Å². The van der Waals surface area contributed by atoms with E-state index in [9.17, 15) is 13.2 Å². The summed E-state index contributed by atoms with van der Waals surface area (Å²) in [6.45, 7) is 3.44. The summed E-state index contributed by atoms with van der Waals surface area (Å²) >= 11 is 3.35. The Balaban J connectivity index is 1.80. The normalized spacial score (nSPS) is 11.2. The fourth-order valence-electron chi connectivity index (χ4n) is 2.37. The van der Waals surface area contributed by atoms with Crippen molar-refractivity contribution in [2.45, 2.75) is 18.7 Å². The van der Waals surface area contributed by atoms with Gasteiger partial charge >= 0.3 is 0 Å². The first-order valence-electron chi connectivity index (χ1n) is 7.88. The van der Waals surface area contributed by atoms with E-state index in [1.54, 1.807) is 37.3 Å². The largest absolute Gasteiger partial charge is 0.361 e. The first-order chi connectivity index (χ1) is 12.8. The van der Waals surface area contributed by atoms with Gasteiger partial charge in [0.2, 0.25) is 0 Å². The lowest BCUT2D eigenvalue weighted by Gasteiger charge is -2.11. The van der Waals surface area contributed by atoms with Gasteiger partial charge in [-0.3, -0.25) is 9.52 Å². The second kappa shape index (κ2) is 7.53. The minimum atomic E-state index is -3.76. The van der Waals surface area contributed by atoms with Crippen LogP contribution in [-0.4, -0.2) is 19.5 Å². The van der Waals surface area contributed by atoms with Gasteiger partial charge in [0.05, 0.1) is 16.8 Å². The Morgan fingerprint density at radius 1 is 1.11 bits per heavy atom. The van der Waals surface area contributed by atoms with Crippen LogP contribution in [0.2, 0.25) is 0 Å². The second-order valence-electron chi connectivity index (χ2n) is 5.85. The van der Waals surface area contributed by atoms with E-state index in [0.717, 1.165) is 10.0 Å². The third kappa shape index (κ3) is 4.37. The van der Waals surface area contributed by atoms with Gasteiger partial charge in [-0.15, -0.1) is 0 Å². The second-order valence-corrected chi connectivity index (χ2v) is 8.38. The molecule has 0 aliphatic carbocycles. The Morgan fingerprint density at radius 2 is 1.85 bits per heavy atom. The Morgan fingerprint density at radius 3 is 2.52 bits per heavy atom. The van der Waals surface area contributed by atoms with Crippen molar-refractivity contribution in [1.29, 1.82) is 0 Å².